The molecule has 0 amide bonds. The highest BCUT2D eigenvalue weighted by Crippen LogP contribution is 2.14. The first-order valence-corrected chi connectivity index (χ1v) is 4.94. The van der Waals surface area contributed by atoms with Gasteiger partial charge in [0.2, 0.25) is 0 Å². The molecule has 0 aromatic heterocycles. The summed E-state index contributed by atoms with van der Waals surface area (Å²) >= 11 is 0. The van der Waals surface area contributed by atoms with E-state index >= 15 is 0 Å². The van der Waals surface area contributed by atoms with Crippen LogP contribution in [0.1, 0.15) is 44.9 Å². The molecule has 0 atom stereocenters. The van der Waals surface area contributed by atoms with Crippen molar-refractivity contribution in [2.45, 2.75) is 42.0 Å². The maximum absolute atomic E-state index is 2.16. The SMILES string of the molecule is C.C/C=C/c1c(C)cccc1C.CC. The summed E-state index contributed by atoms with van der Waals surface area (Å²) in [5.74, 6) is 0. The molecule has 0 saturated carbocycles. The topological polar surface area (TPSA) is 0 Å². The number of allylic oxidation sites excluding steroid dienone is 1. The van der Waals surface area contributed by atoms with Crippen LogP contribution in [0.2, 0.25) is 0 Å². The Morgan fingerprint density at radius 2 is 1.43 bits per heavy atom. The van der Waals surface area contributed by atoms with E-state index in [1.807, 2.05) is 20.8 Å². The van der Waals surface area contributed by atoms with Gasteiger partial charge < -0.3 is 0 Å². The highest BCUT2D eigenvalue weighted by molar-refractivity contribution is 5.57. The zero-order valence-corrected chi connectivity index (χ0v) is 9.39. The molecule has 80 valence electrons. The summed E-state index contributed by atoms with van der Waals surface area (Å²) in [5, 5.41) is 0. The van der Waals surface area contributed by atoms with Crippen LogP contribution in [-0.2, 0) is 0 Å². The molecule has 0 aliphatic heterocycles. The molecule has 0 heterocycles. The predicted octanol–water partition coefficient (Wildman–Crippen LogP) is 5.00. The minimum Gasteiger partial charge on any atom is -0.0870 e. The van der Waals surface area contributed by atoms with Gasteiger partial charge in [-0.05, 0) is 37.5 Å². The van der Waals surface area contributed by atoms with Crippen molar-refractivity contribution in [2.24, 2.45) is 0 Å². The Morgan fingerprint density at radius 1 is 1.00 bits per heavy atom. The number of hydrogen-bond acceptors (Lipinski definition) is 0. The Hall–Kier alpha value is -1.04. The van der Waals surface area contributed by atoms with Crippen LogP contribution in [0.3, 0.4) is 0 Å². The van der Waals surface area contributed by atoms with E-state index < -0.39 is 0 Å². The van der Waals surface area contributed by atoms with E-state index in [1.165, 1.54) is 16.7 Å². The van der Waals surface area contributed by atoms with Crippen molar-refractivity contribution in [1.82, 2.24) is 0 Å². The fourth-order valence-corrected chi connectivity index (χ4v) is 1.26. The third-order valence-electron chi connectivity index (χ3n) is 1.88. The van der Waals surface area contributed by atoms with E-state index in [2.05, 4.69) is 44.2 Å². The quantitative estimate of drug-likeness (QED) is 0.587. The van der Waals surface area contributed by atoms with Gasteiger partial charge in [0, 0.05) is 0 Å². The third kappa shape index (κ3) is 4.27. The van der Waals surface area contributed by atoms with Gasteiger partial charge in [-0.2, -0.15) is 0 Å². The van der Waals surface area contributed by atoms with Gasteiger partial charge in [-0.3, -0.25) is 0 Å². The molecule has 0 N–H and O–H groups in total. The number of aryl methyl sites for hydroxylation is 2. The summed E-state index contributed by atoms with van der Waals surface area (Å²) < 4.78 is 0. The number of rotatable bonds is 1. The van der Waals surface area contributed by atoms with E-state index in [0.717, 1.165) is 0 Å². The molecule has 1 aromatic rings. The second-order valence-corrected chi connectivity index (χ2v) is 2.81. The Kier molecular flexibility index (Phi) is 9.43. The van der Waals surface area contributed by atoms with E-state index in [0.29, 0.717) is 0 Å². The lowest BCUT2D eigenvalue weighted by atomic mass is 10.0. The van der Waals surface area contributed by atoms with Crippen molar-refractivity contribution in [3.05, 3.63) is 41.0 Å². The smallest absolute Gasteiger partial charge is 0.0201 e. The van der Waals surface area contributed by atoms with Gasteiger partial charge in [0.1, 0.15) is 0 Å². The number of hydrogen-bond donors (Lipinski definition) is 0. The minimum atomic E-state index is 0. The van der Waals surface area contributed by atoms with Gasteiger partial charge in [0.25, 0.3) is 0 Å². The molecular formula is C14H24. The molecular weight excluding hydrogens is 168 g/mol. The van der Waals surface area contributed by atoms with Gasteiger partial charge in [0.05, 0.1) is 0 Å². The van der Waals surface area contributed by atoms with Crippen LogP contribution in [0.25, 0.3) is 6.08 Å². The Bertz CT molecular complexity index is 249. The average molecular weight is 192 g/mol. The molecule has 0 saturated heterocycles. The maximum Gasteiger partial charge on any atom is -0.0201 e. The largest absolute Gasteiger partial charge is 0.0870 e. The highest BCUT2D eigenvalue weighted by atomic mass is 14.0. The second kappa shape index (κ2) is 8.55. The lowest BCUT2D eigenvalue weighted by molar-refractivity contribution is 1.35. The van der Waals surface area contributed by atoms with Crippen LogP contribution in [0.5, 0.6) is 0 Å². The Labute approximate surface area is 89.7 Å². The van der Waals surface area contributed by atoms with Gasteiger partial charge >= 0.3 is 0 Å². The Balaban J connectivity index is 0. The second-order valence-electron chi connectivity index (χ2n) is 2.81. The van der Waals surface area contributed by atoms with E-state index in [-0.39, 0.29) is 7.43 Å². The van der Waals surface area contributed by atoms with Crippen molar-refractivity contribution >= 4 is 6.08 Å². The van der Waals surface area contributed by atoms with Crippen LogP contribution in [0, 0.1) is 13.8 Å². The molecule has 1 rings (SSSR count). The first kappa shape index (κ1) is 15.4. The van der Waals surface area contributed by atoms with Gasteiger partial charge in [0.15, 0.2) is 0 Å². The maximum atomic E-state index is 2.16. The van der Waals surface area contributed by atoms with Crippen molar-refractivity contribution < 1.29 is 0 Å². The highest BCUT2D eigenvalue weighted by Gasteiger charge is 1.95. The summed E-state index contributed by atoms with van der Waals surface area (Å²) in [5.41, 5.74) is 4.06. The lowest BCUT2D eigenvalue weighted by Crippen LogP contribution is -1.83. The summed E-state index contributed by atoms with van der Waals surface area (Å²) in [7, 11) is 0. The monoisotopic (exact) mass is 192 g/mol. The molecule has 0 aliphatic carbocycles. The van der Waals surface area contributed by atoms with E-state index in [4.69, 9.17) is 0 Å². The Morgan fingerprint density at radius 3 is 1.79 bits per heavy atom. The van der Waals surface area contributed by atoms with E-state index in [9.17, 15) is 0 Å². The fourth-order valence-electron chi connectivity index (χ4n) is 1.26. The minimum absolute atomic E-state index is 0. The summed E-state index contributed by atoms with van der Waals surface area (Å²) in [6, 6.07) is 6.38. The van der Waals surface area contributed by atoms with Crippen molar-refractivity contribution in [2.75, 3.05) is 0 Å². The molecule has 14 heavy (non-hydrogen) atoms. The molecule has 0 unspecified atom stereocenters. The van der Waals surface area contributed by atoms with Crippen LogP contribution in [-0.4, -0.2) is 0 Å². The average Bonchev–Trinajstić information content (AvgIpc) is 2.15. The van der Waals surface area contributed by atoms with Crippen LogP contribution in [0.4, 0.5) is 0 Å². The van der Waals surface area contributed by atoms with Crippen LogP contribution >= 0.6 is 0 Å². The third-order valence-corrected chi connectivity index (χ3v) is 1.88. The molecule has 0 aliphatic rings. The lowest BCUT2D eigenvalue weighted by Gasteiger charge is -2.02. The molecule has 0 spiro atoms. The van der Waals surface area contributed by atoms with Gasteiger partial charge in [-0.25, -0.2) is 0 Å². The molecule has 0 heteroatoms. The van der Waals surface area contributed by atoms with Crippen molar-refractivity contribution in [3.8, 4) is 0 Å². The molecule has 0 nitrogen and oxygen atoms in total. The van der Waals surface area contributed by atoms with Crippen molar-refractivity contribution in [3.63, 3.8) is 0 Å². The zero-order chi connectivity index (χ0) is 10.3. The molecule has 0 radical (unpaired) electrons. The van der Waals surface area contributed by atoms with Crippen LogP contribution in [0.15, 0.2) is 24.3 Å². The first-order valence-electron chi connectivity index (χ1n) is 4.94. The fraction of sp³-hybridized carbons (Fsp3) is 0.429. The standard InChI is InChI=1S/C11H14.C2H6.CH4/c1-4-6-11-9(2)7-5-8-10(11)3;1-2;/h4-8H,1-3H3;1-2H3;1H4/b6-4+;;. The van der Waals surface area contributed by atoms with Crippen LogP contribution < -0.4 is 0 Å². The summed E-state index contributed by atoms with van der Waals surface area (Å²) in [6.45, 7) is 10.3. The van der Waals surface area contributed by atoms with Gasteiger partial charge in [-0.1, -0.05) is 51.6 Å². The van der Waals surface area contributed by atoms with Gasteiger partial charge in [-0.15, -0.1) is 0 Å². The molecule has 0 bridgehead atoms. The van der Waals surface area contributed by atoms with Crippen molar-refractivity contribution in [1.29, 1.82) is 0 Å². The summed E-state index contributed by atoms with van der Waals surface area (Å²) in [4.78, 5) is 0. The first-order chi connectivity index (χ1) is 6.25. The molecule has 1 aromatic carbocycles. The summed E-state index contributed by atoms with van der Waals surface area (Å²) in [6.07, 6.45) is 4.24. The predicted molar refractivity (Wildman–Crippen MR) is 68.7 cm³/mol. The number of benzene rings is 1. The zero-order valence-electron chi connectivity index (χ0n) is 9.39. The molecule has 0 fully saturated rings. The normalized spacial score (nSPS) is 8.93. The van der Waals surface area contributed by atoms with E-state index in [1.54, 1.807) is 0 Å².